The van der Waals surface area contributed by atoms with Crippen LogP contribution in [0.4, 0.5) is 0 Å². The molecule has 5 heteroatoms. The maximum Gasteiger partial charge on any atom is 0.230 e. The summed E-state index contributed by atoms with van der Waals surface area (Å²) in [5.41, 5.74) is 1.61. The number of rotatable bonds is 4. The van der Waals surface area contributed by atoms with Crippen LogP contribution >= 0.6 is 0 Å². The number of hydrogen-bond acceptors (Lipinski definition) is 5. The topological polar surface area (TPSA) is 57.1 Å². The molecule has 0 radical (unpaired) electrons. The molecule has 0 unspecified atom stereocenters. The van der Waals surface area contributed by atoms with E-state index >= 15 is 0 Å². The predicted molar refractivity (Wildman–Crippen MR) is 95.8 cm³/mol. The summed E-state index contributed by atoms with van der Waals surface area (Å²) in [6.45, 7) is 0. The Morgan fingerprint density at radius 2 is 1.72 bits per heavy atom. The molecule has 4 aromatic rings. The van der Waals surface area contributed by atoms with Crippen molar-refractivity contribution in [3.63, 3.8) is 0 Å². The van der Waals surface area contributed by atoms with Gasteiger partial charge in [-0.05, 0) is 42.5 Å². The van der Waals surface area contributed by atoms with Gasteiger partial charge in [-0.1, -0.05) is 18.2 Å². The zero-order chi connectivity index (χ0) is 17.1. The number of para-hydroxylation sites is 1. The standard InChI is InChI=1S/C20H15N3O2/c1-24-16-9-10-18-17(12-16)20(25-15-7-3-2-4-8-15)23-19(22-18)14-6-5-11-21-13-14/h2-13H,1H3. The molecule has 25 heavy (non-hydrogen) atoms. The predicted octanol–water partition coefficient (Wildman–Crippen LogP) is 4.49. The smallest absolute Gasteiger partial charge is 0.230 e. The van der Waals surface area contributed by atoms with Crippen LogP contribution in [0.5, 0.6) is 17.4 Å². The fourth-order valence-electron chi connectivity index (χ4n) is 2.51. The summed E-state index contributed by atoms with van der Waals surface area (Å²) in [6.07, 6.45) is 3.45. The zero-order valence-corrected chi connectivity index (χ0v) is 13.6. The minimum Gasteiger partial charge on any atom is -0.497 e. The molecule has 5 nitrogen and oxygen atoms in total. The van der Waals surface area contributed by atoms with E-state index in [4.69, 9.17) is 9.47 Å². The van der Waals surface area contributed by atoms with Gasteiger partial charge in [0.2, 0.25) is 5.88 Å². The SMILES string of the molecule is COc1ccc2nc(-c3cccnc3)nc(Oc3ccccc3)c2c1. The second-order valence-electron chi connectivity index (χ2n) is 5.39. The molecule has 2 aromatic carbocycles. The van der Waals surface area contributed by atoms with Gasteiger partial charge in [0.05, 0.1) is 18.0 Å². The first-order valence-electron chi connectivity index (χ1n) is 7.82. The molecule has 0 saturated carbocycles. The lowest BCUT2D eigenvalue weighted by Crippen LogP contribution is -1.97. The van der Waals surface area contributed by atoms with E-state index in [2.05, 4.69) is 15.0 Å². The first-order valence-corrected chi connectivity index (χ1v) is 7.82. The second kappa shape index (κ2) is 6.57. The highest BCUT2D eigenvalue weighted by Gasteiger charge is 2.12. The molecule has 0 saturated heterocycles. The van der Waals surface area contributed by atoms with E-state index in [0.29, 0.717) is 17.5 Å². The summed E-state index contributed by atoms with van der Waals surface area (Å²) < 4.78 is 11.3. The molecule has 0 atom stereocenters. The maximum absolute atomic E-state index is 6.03. The van der Waals surface area contributed by atoms with Crippen LogP contribution in [0.15, 0.2) is 73.1 Å². The van der Waals surface area contributed by atoms with Crippen molar-refractivity contribution in [1.82, 2.24) is 15.0 Å². The summed E-state index contributed by atoms with van der Waals surface area (Å²) in [5, 5.41) is 0.788. The molecule has 2 heterocycles. The largest absolute Gasteiger partial charge is 0.497 e. The molecule has 2 aromatic heterocycles. The van der Waals surface area contributed by atoms with Gasteiger partial charge in [0.1, 0.15) is 11.5 Å². The number of benzene rings is 2. The average Bonchev–Trinajstić information content (AvgIpc) is 2.69. The molecule has 0 fully saturated rings. The number of ether oxygens (including phenoxy) is 2. The van der Waals surface area contributed by atoms with Crippen LogP contribution in [-0.2, 0) is 0 Å². The number of fused-ring (bicyclic) bond motifs is 1. The molecule has 0 aliphatic carbocycles. The third-order valence-corrected chi connectivity index (χ3v) is 3.75. The van der Waals surface area contributed by atoms with Gasteiger partial charge in [0.25, 0.3) is 0 Å². The molecule has 0 aliphatic heterocycles. The van der Waals surface area contributed by atoms with Crippen molar-refractivity contribution in [2.75, 3.05) is 7.11 Å². The lowest BCUT2D eigenvalue weighted by Gasteiger charge is -2.11. The van der Waals surface area contributed by atoms with Crippen LogP contribution in [0.2, 0.25) is 0 Å². The summed E-state index contributed by atoms with van der Waals surface area (Å²) >= 11 is 0. The highest BCUT2D eigenvalue weighted by atomic mass is 16.5. The highest BCUT2D eigenvalue weighted by Crippen LogP contribution is 2.32. The Morgan fingerprint density at radius 1 is 0.840 bits per heavy atom. The Hall–Kier alpha value is -3.47. The normalized spacial score (nSPS) is 10.6. The van der Waals surface area contributed by atoms with E-state index in [1.165, 1.54) is 0 Å². The average molecular weight is 329 g/mol. The van der Waals surface area contributed by atoms with Crippen molar-refractivity contribution in [2.45, 2.75) is 0 Å². The highest BCUT2D eigenvalue weighted by molar-refractivity contribution is 5.86. The van der Waals surface area contributed by atoms with Crippen LogP contribution in [0.3, 0.4) is 0 Å². The van der Waals surface area contributed by atoms with Crippen LogP contribution in [-0.4, -0.2) is 22.1 Å². The van der Waals surface area contributed by atoms with Crippen molar-refractivity contribution in [3.8, 4) is 28.8 Å². The van der Waals surface area contributed by atoms with E-state index in [0.717, 1.165) is 22.2 Å². The number of hydrogen-bond donors (Lipinski definition) is 0. The van der Waals surface area contributed by atoms with Crippen LogP contribution in [0.1, 0.15) is 0 Å². The van der Waals surface area contributed by atoms with Crippen molar-refractivity contribution < 1.29 is 9.47 Å². The van der Waals surface area contributed by atoms with Crippen molar-refractivity contribution in [2.24, 2.45) is 0 Å². The molecule has 122 valence electrons. The Kier molecular flexibility index (Phi) is 3.96. The van der Waals surface area contributed by atoms with E-state index in [1.54, 1.807) is 19.5 Å². The van der Waals surface area contributed by atoms with Gasteiger partial charge in [-0.25, -0.2) is 4.98 Å². The molecule has 0 spiro atoms. The Balaban J connectivity index is 1.89. The summed E-state index contributed by atoms with van der Waals surface area (Å²) in [7, 11) is 1.63. The van der Waals surface area contributed by atoms with Gasteiger partial charge in [0, 0.05) is 18.0 Å². The first kappa shape index (κ1) is 15.1. The fourth-order valence-corrected chi connectivity index (χ4v) is 2.51. The van der Waals surface area contributed by atoms with Gasteiger partial charge in [-0.15, -0.1) is 0 Å². The van der Waals surface area contributed by atoms with E-state index in [9.17, 15) is 0 Å². The minimum atomic E-state index is 0.481. The fraction of sp³-hybridized carbons (Fsp3) is 0.0500. The lowest BCUT2D eigenvalue weighted by molar-refractivity contribution is 0.415. The third-order valence-electron chi connectivity index (χ3n) is 3.75. The Bertz CT molecular complexity index is 1010. The monoisotopic (exact) mass is 329 g/mol. The van der Waals surface area contributed by atoms with E-state index < -0.39 is 0 Å². The number of aromatic nitrogens is 3. The first-order chi connectivity index (χ1) is 12.3. The summed E-state index contributed by atoms with van der Waals surface area (Å²) in [5.74, 6) is 2.48. The van der Waals surface area contributed by atoms with Crippen LogP contribution in [0.25, 0.3) is 22.3 Å². The minimum absolute atomic E-state index is 0.481. The van der Waals surface area contributed by atoms with Crippen molar-refractivity contribution in [1.29, 1.82) is 0 Å². The zero-order valence-electron chi connectivity index (χ0n) is 13.6. The summed E-state index contributed by atoms with van der Waals surface area (Å²) in [6, 6.07) is 19.0. The van der Waals surface area contributed by atoms with Gasteiger partial charge in [-0.3, -0.25) is 4.98 Å². The molecule has 0 amide bonds. The quantitative estimate of drug-likeness (QED) is 0.552. The van der Waals surface area contributed by atoms with Gasteiger partial charge < -0.3 is 9.47 Å². The second-order valence-corrected chi connectivity index (χ2v) is 5.39. The number of pyridine rings is 1. The van der Waals surface area contributed by atoms with Gasteiger partial charge in [-0.2, -0.15) is 4.98 Å². The molecular weight excluding hydrogens is 314 g/mol. The molecular formula is C20H15N3O2. The molecule has 0 N–H and O–H groups in total. The number of methoxy groups -OCH3 is 1. The Morgan fingerprint density at radius 3 is 2.48 bits per heavy atom. The van der Waals surface area contributed by atoms with Gasteiger partial charge >= 0.3 is 0 Å². The van der Waals surface area contributed by atoms with Crippen LogP contribution < -0.4 is 9.47 Å². The van der Waals surface area contributed by atoms with E-state index in [1.807, 2.05) is 60.7 Å². The van der Waals surface area contributed by atoms with E-state index in [-0.39, 0.29) is 0 Å². The number of nitrogens with zero attached hydrogens (tertiary/aromatic N) is 3. The van der Waals surface area contributed by atoms with Gasteiger partial charge in [0.15, 0.2) is 5.82 Å². The Labute approximate surface area is 144 Å². The third kappa shape index (κ3) is 3.12. The lowest BCUT2D eigenvalue weighted by atomic mass is 10.2. The summed E-state index contributed by atoms with van der Waals surface area (Å²) in [4.78, 5) is 13.4. The molecule has 0 aliphatic rings. The van der Waals surface area contributed by atoms with Crippen molar-refractivity contribution in [3.05, 3.63) is 73.1 Å². The molecule has 4 rings (SSSR count). The maximum atomic E-state index is 6.03. The van der Waals surface area contributed by atoms with Crippen LogP contribution in [0, 0.1) is 0 Å². The van der Waals surface area contributed by atoms with Crippen molar-refractivity contribution >= 4 is 10.9 Å². The molecule has 0 bridgehead atoms.